The van der Waals surface area contributed by atoms with Crippen LogP contribution in [0, 0.1) is 5.92 Å². The van der Waals surface area contributed by atoms with E-state index in [1.165, 1.54) is 24.3 Å². The minimum atomic E-state index is -1.63. The number of hydrogen-bond acceptors (Lipinski definition) is 12. The second-order valence-electron chi connectivity index (χ2n) is 14.9. The molecule has 3 rings (SSSR count). The van der Waals surface area contributed by atoms with Crippen LogP contribution in [-0.4, -0.2) is 115 Å². The molecule has 0 saturated carbocycles. The van der Waals surface area contributed by atoms with Gasteiger partial charge in [0.05, 0.1) is 36.8 Å². The van der Waals surface area contributed by atoms with Gasteiger partial charge in [-0.3, -0.25) is 33.6 Å². The van der Waals surface area contributed by atoms with Gasteiger partial charge in [0.2, 0.25) is 11.8 Å². The Morgan fingerprint density at radius 1 is 0.930 bits per heavy atom. The molecule has 17 nitrogen and oxygen atoms in total. The molecule has 0 radical (unpaired) electrons. The van der Waals surface area contributed by atoms with E-state index in [4.69, 9.17) is 5.73 Å². The SMILES string of the molecule is C[C@H](N)C(=O)NC(Cc1cnc[nH]1)C(=O)C[C@@H](CCCCCC(=O)CCCCCC(=O)CNc1ccc(C(=O)N[C@H](C)C(=O)N2CCC[C@H]2B(O)O)cc1)C(=O)O. The number of nitrogens with two attached hydrogens (primary N) is 1. The highest BCUT2D eigenvalue weighted by Gasteiger charge is 2.38. The third-order valence-corrected chi connectivity index (χ3v) is 10.1. The number of likely N-dealkylation sites (tertiary alicyclic amines) is 1. The van der Waals surface area contributed by atoms with Gasteiger partial charge >= 0.3 is 13.1 Å². The molecule has 2 aromatic rings. The maximum Gasteiger partial charge on any atom is 0.475 e. The van der Waals surface area contributed by atoms with Crippen LogP contribution < -0.4 is 21.7 Å². The number of aromatic amines is 1. The van der Waals surface area contributed by atoms with Gasteiger partial charge in [-0.05, 0) is 76.6 Å². The van der Waals surface area contributed by atoms with Gasteiger partial charge in [-0.25, -0.2) is 4.98 Å². The minimum absolute atomic E-state index is 0.00769. The Morgan fingerprint density at radius 2 is 1.58 bits per heavy atom. The third-order valence-electron chi connectivity index (χ3n) is 10.1. The van der Waals surface area contributed by atoms with E-state index < -0.39 is 60.7 Å². The number of unbranched alkanes of at least 4 members (excludes halogenated alkanes) is 4. The molecule has 1 unspecified atom stereocenters. The predicted molar refractivity (Wildman–Crippen MR) is 212 cm³/mol. The second kappa shape index (κ2) is 24.0. The highest BCUT2D eigenvalue weighted by Crippen LogP contribution is 2.20. The summed E-state index contributed by atoms with van der Waals surface area (Å²) in [6.07, 6.45) is 9.21. The molecule has 1 aliphatic heterocycles. The first-order valence-electron chi connectivity index (χ1n) is 19.8. The van der Waals surface area contributed by atoms with Crippen LogP contribution in [0.15, 0.2) is 36.8 Å². The summed E-state index contributed by atoms with van der Waals surface area (Å²) in [5, 5.41) is 37.1. The van der Waals surface area contributed by atoms with Crippen molar-refractivity contribution in [2.75, 3.05) is 18.4 Å². The summed E-state index contributed by atoms with van der Waals surface area (Å²) < 4.78 is 0. The molecule has 3 amide bonds. The van der Waals surface area contributed by atoms with Crippen molar-refractivity contribution in [1.29, 1.82) is 0 Å². The number of carbonyl (C=O) groups is 7. The fraction of sp³-hybridized carbons (Fsp3) is 0.590. The Kier molecular flexibility index (Phi) is 19.5. The molecule has 1 saturated heterocycles. The number of carboxylic acids is 1. The number of rotatable bonds is 27. The second-order valence-corrected chi connectivity index (χ2v) is 14.9. The van der Waals surface area contributed by atoms with Crippen molar-refractivity contribution in [2.45, 2.75) is 128 Å². The Balaban J connectivity index is 1.26. The van der Waals surface area contributed by atoms with Crippen LogP contribution >= 0.6 is 0 Å². The topological polar surface area (TPSA) is 274 Å². The lowest BCUT2D eigenvalue weighted by Gasteiger charge is -2.27. The molecule has 5 atom stereocenters. The highest BCUT2D eigenvalue weighted by molar-refractivity contribution is 6.43. The Morgan fingerprint density at radius 3 is 2.18 bits per heavy atom. The number of H-pyrrole nitrogens is 1. The van der Waals surface area contributed by atoms with Gasteiger partial charge in [0.15, 0.2) is 11.6 Å². The number of benzene rings is 1. The van der Waals surface area contributed by atoms with Crippen LogP contribution in [0.5, 0.6) is 0 Å². The summed E-state index contributed by atoms with van der Waals surface area (Å²) in [7, 11) is -1.63. The largest absolute Gasteiger partial charge is 0.481 e. The quantitative estimate of drug-likeness (QED) is 0.0473. The molecule has 9 N–H and O–H groups in total. The monoisotopic (exact) mass is 795 g/mol. The van der Waals surface area contributed by atoms with E-state index in [9.17, 15) is 48.7 Å². The van der Waals surface area contributed by atoms with Crippen LogP contribution in [0.25, 0.3) is 0 Å². The Hall–Kier alpha value is -4.94. The van der Waals surface area contributed by atoms with Crippen LogP contribution in [-0.2, 0) is 35.2 Å². The summed E-state index contributed by atoms with van der Waals surface area (Å²) in [5.41, 5.74) is 7.24. The summed E-state index contributed by atoms with van der Waals surface area (Å²) in [5.74, 6) is -4.34. The van der Waals surface area contributed by atoms with Gasteiger partial charge in [0.25, 0.3) is 5.91 Å². The zero-order valence-electron chi connectivity index (χ0n) is 32.9. The number of Topliss-reactive ketones (excluding diaryl/α,β-unsaturated/α-hetero) is 3. The lowest BCUT2D eigenvalue weighted by atomic mass is 9.78. The first-order valence-corrected chi connectivity index (χ1v) is 19.8. The lowest BCUT2D eigenvalue weighted by molar-refractivity contribution is -0.144. The smallest absolute Gasteiger partial charge is 0.475 e. The number of anilines is 1. The number of aromatic nitrogens is 2. The minimum Gasteiger partial charge on any atom is -0.481 e. The molecule has 1 aromatic carbocycles. The maximum atomic E-state index is 13.1. The van der Waals surface area contributed by atoms with Crippen molar-refractivity contribution in [3.8, 4) is 0 Å². The molecule has 2 heterocycles. The lowest BCUT2D eigenvalue weighted by Crippen LogP contribution is -2.52. The third kappa shape index (κ3) is 16.2. The summed E-state index contributed by atoms with van der Waals surface area (Å²) in [6, 6.07) is 3.86. The summed E-state index contributed by atoms with van der Waals surface area (Å²) in [6.45, 7) is 3.55. The first kappa shape index (κ1) is 46.4. The van der Waals surface area contributed by atoms with Gasteiger partial charge in [-0.15, -0.1) is 0 Å². The van der Waals surface area contributed by atoms with E-state index in [1.807, 2.05) is 0 Å². The van der Waals surface area contributed by atoms with Gasteiger partial charge in [-0.1, -0.05) is 19.3 Å². The normalized spacial score (nSPS) is 15.9. The van der Waals surface area contributed by atoms with Crippen LogP contribution in [0.2, 0.25) is 0 Å². The van der Waals surface area contributed by atoms with Crippen molar-refractivity contribution in [2.24, 2.45) is 11.7 Å². The van der Waals surface area contributed by atoms with Crippen molar-refractivity contribution in [3.63, 3.8) is 0 Å². The van der Waals surface area contributed by atoms with Crippen molar-refractivity contribution < 1.29 is 48.7 Å². The molecule has 0 spiro atoms. The fourth-order valence-electron chi connectivity index (χ4n) is 6.69. The average Bonchev–Trinajstić information content (AvgIpc) is 3.89. The number of imidazole rings is 1. The van der Waals surface area contributed by atoms with Gasteiger partial charge in [0, 0.05) is 61.8 Å². The van der Waals surface area contributed by atoms with Crippen molar-refractivity contribution in [3.05, 3.63) is 48.0 Å². The molecule has 18 heteroatoms. The number of amides is 3. The van der Waals surface area contributed by atoms with Gasteiger partial charge in [-0.2, -0.15) is 0 Å². The summed E-state index contributed by atoms with van der Waals surface area (Å²) in [4.78, 5) is 95.7. The molecule has 1 aliphatic rings. The number of hydrogen-bond donors (Lipinski definition) is 8. The number of carbonyl (C=O) groups excluding carboxylic acids is 6. The molecule has 0 aliphatic carbocycles. The summed E-state index contributed by atoms with van der Waals surface area (Å²) >= 11 is 0. The maximum absolute atomic E-state index is 13.1. The zero-order chi connectivity index (χ0) is 41.9. The van der Waals surface area contributed by atoms with E-state index in [1.54, 1.807) is 31.2 Å². The van der Waals surface area contributed by atoms with Crippen LogP contribution in [0.4, 0.5) is 5.69 Å². The fourth-order valence-corrected chi connectivity index (χ4v) is 6.69. The molecule has 312 valence electrons. The van der Waals surface area contributed by atoms with E-state index in [0.717, 1.165) is 6.42 Å². The number of aliphatic carboxylic acids is 1. The van der Waals surface area contributed by atoms with E-state index in [-0.39, 0.29) is 43.3 Å². The number of carboxylic acid groups (broad SMARTS) is 1. The molecule has 1 aromatic heterocycles. The van der Waals surface area contributed by atoms with Crippen LogP contribution in [0.1, 0.15) is 113 Å². The number of nitrogens with zero attached hydrogens (tertiary/aromatic N) is 2. The van der Waals surface area contributed by atoms with Gasteiger partial charge < -0.3 is 46.7 Å². The average molecular weight is 796 g/mol. The first-order chi connectivity index (χ1) is 27.2. The molecule has 1 fully saturated rings. The predicted octanol–water partition coefficient (Wildman–Crippen LogP) is 1.72. The zero-order valence-corrected chi connectivity index (χ0v) is 32.9. The number of ketones is 3. The molecule has 0 bridgehead atoms. The van der Waals surface area contributed by atoms with Gasteiger partial charge in [0.1, 0.15) is 11.8 Å². The molecular formula is C39H58BN7O10. The number of nitrogens with one attached hydrogen (secondary N) is 4. The standard InChI is InChI=1S/C39H58BN7O10/c1-25(41)36(51)46-33(21-30-22-42-24-44-30)34(50)20-28(39(54)55)10-5-3-6-11-31(48)12-7-4-8-13-32(49)23-43-29-17-15-27(16-18-29)37(52)45-26(2)38(53)47-19-9-14-35(47)40(56)57/h15-18,22,24-26,28,33,35,43,56-57H,3-14,19-21,23,41H2,1-2H3,(H,42,44)(H,45,52)(H,46,51)(H,54,55)/t25-,26+,28+,33?,35-/m0/s1. The van der Waals surface area contributed by atoms with E-state index in [2.05, 4.69) is 25.9 Å². The van der Waals surface area contributed by atoms with Crippen LogP contribution in [0.3, 0.4) is 0 Å². The van der Waals surface area contributed by atoms with Crippen molar-refractivity contribution in [1.82, 2.24) is 25.5 Å². The molecular weight excluding hydrogens is 737 g/mol. The molecule has 57 heavy (non-hydrogen) atoms. The highest BCUT2D eigenvalue weighted by atomic mass is 16.4. The Bertz CT molecular complexity index is 1640. The van der Waals surface area contributed by atoms with E-state index >= 15 is 0 Å². The van der Waals surface area contributed by atoms with Crippen molar-refractivity contribution >= 4 is 53.8 Å². The van der Waals surface area contributed by atoms with E-state index in [0.29, 0.717) is 87.7 Å². The Labute approximate surface area is 333 Å².